The number of ether oxygens (including phenoxy) is 2. The highest BCUT2D eigenvalue weighted by atomic mass is 16.7. The smallest absolute Gasteiger partial charge is 0.162 e. The Hall–Kier alpha value is -0.340. The number of hydrogen-bond donors (Lipinski definition) is 0. The fourth-order valence-electron chi connectivity index (χ4n) is 4.02. The normalized spacial score (nSPS) is 30.1. The third-order valence-electron chi connectivity index (χ3n) is 5.31. The van der Waals surface area contributed by atoms with Gasteiger partial charge in [-0.3, -0.25) is 0 Å². The lowest BCUT2D eigenvalue weighted by Gasteiger charge is -2.57. The van der Waals surface area contributed by atoms with Crippen molar-refractivity contribution < 1.29 is 9.47 Å². The standard InChI is InChI=1S/C16H28O2/c1-15(2,14(17-5)18-6)10-11-7-8-12-9-13(11)16(12,3)4/h7,12-14H,8-10H2,1-6H3. The average molecular weight is 252 g/mol. The molecule has 2 heteroatoms. The summed E-state index contributed by atoms with van der Waals surface area (Å²) in [6.07, 6.45) is 6.09. The Morgan fingerprint density at radius 3 is 2.39 bits per heavy atom. The minimum absolute atomic E-state index is 0.0356. The van der Waals surface area contributed by atoms with Crippen molar-refractivity contribution in [3.63, 3.8) is 0 Å². The number of hydrogen-bond acceptors (Lipinski definition) is 2. The second kappa shape index (κ2) is 4.64. The molecule has 0 aromatic rings. The molecular weight excluding hydrogens is 224 g/mol. The molecule has 1 saturated carbocycles. The van der Waals surface area contributed by atoms with Crippen LogP contribution in [0.3, 0.4) is 0 Å². The molecule has 0 amide bonds. The summed E-state index contributed by atoms with van der Waals surface area (Å²) in [4.78, 5) is 0. The highest BCUT2D eigenvalue weighted by molar-refractivity contribution is 5.24. The highest BCUT2D eigenvalue weighted by Crippen LogP contribution is 2.60. The summed E-state index contributed by atoms with van der Waals surface area (Å²) < 4.78 is 10.9. The van der Waals surface area contributed by atoms with Gasteiger partial charge in [0.05, 0.1) is 0 Å². The second-order valence-electron chi connectivity index (χ2n) is 7.29. The van der Waals surface area contributed by atoms with Crippen molar-refractivity contribution in [3.05, 3.63) is 11.6 Å². The Labute approximate surface area is 112 Å². The summed E-state index contributed by atoms with van der Waals surface area (Å²) in [6.45, 7) is 9.33. The molecule has 0 radical (unpaired) electrons. The summed E-state index contributed by atoms with van der Waals surface area (Å²) in [6, 6.07) is 0. The molecule has 3 rings (SSSR count). The van der Waals surface area contributed by atoms with E-state index in [1.165, 1.54) is 12.8 Å². The van der Waals surface area contributed by atoms with Gasteiger partial charge in [-0.15, -0.1) is 0 Å². The van der Waals surface area contributed by atoms with Crippen molar-refractivity contribution >= 4 is 0 Å². The molecular formula is C16H28O2. The lowest BCUT2D eigenvalue weighted by Crippen LogP contribution is -2.49. The first-order valence-electron chi connectivity index (χ1n) is 7.07. The number of fused-ring (bicyclic) bond motifs is 1. The molecule has 2 nitrogen and oxygen atoms in total. The zero-order valence-electron chi connectivity index (χ0n) is 12.7. The predicted molar refractivity (Wildman–Crippen MR) is 74.3 cm³/mol. The Morgan fingerprint density at radius 1 is 1.33 bits per heavy atom. The Balaban J connectivity index is 2.08. The molecule has 1 fully saturated rings. The zero-order chi connectivity index (χ0) is 13.6. The number of allylic oxidation sites excluding steroid dienone is 2. The minimum atomic E-state index is -0.126. The molecule has 0 saturated heterocycles. The Morgan fingerprint density at radius 2 is 1.94 bits per heavy atom. The van der Waals surface area contributed by atoms with Crippen molar-refractivity contribution in [2.24, 2.45) is 22.7 Å². The van der Waals surface area contributed by atoms with E-state index in [4.69, 9.17) is 9.47 Å². The fourth-order valence-corrected chi connectivity index (χ4v) is 4.02. The van der Waals surface area contributed by atoms with E-state index >= 15 is 0 Å². The summed E-state index contributed by atoms with van der Waals surface area (Å²) >= 11 is 0. The van der Waals surface area contributed by atoms with Gasteiger partial charge in [-0.1, -0.05) is 39.3 Å². The monoisotopic (exact) mass is 252 g/mol. The number of methoxy groups -OCH3 is 2. The van der Waals surface area contributed by atoms with Gasteiger partial charge < -0.3 is 9.47 Å². The summed E-state index contributed by atoms with van der Waals surface area (Å²) in [7, 11) is 3.46. The molecule has 0 aromatic heterocycles. The fraction of sp³-hybridized carbons (Fsp3) is 0.875. The van der Waals surface area contributed by atoms with Crippen LogP contribution < -0.4 is 0 Å². The van der Waals surface area contributed by atoms with E-state index in [1.807, 2.05) is 0 Å². The van der Waals surface area contributed by atoms with Crippen LogP contribution in [-0.2, 0) is 9.47 Å². The second-order valence-corrected chi connectivity index (χ2v) is 7.29. The van der Waals surface area contributed by atoms with Crippen LogP contribution in [-0.4, -0.2) is 20.5 Å². The van der Waals surface area contributed by atoms with Gasteiger partial charge in [-0.2, -0.15) is 0 Å². The van der Waals surface area contributed by atoms with E-state index < -0.39 is 0 Å². The van der Waals surface area contributed by atoms with Crippen LogP contribution in [0.1, 0.15) is 47.0 Å². The average Bonchev–Trinajstić information content (AvgIpc) is 2.29. The van der Waals surface area contributed by atoms with Gasteiger partial charge in [-0.25, -0.2) is 0 Å². The van der Waals surface area contributed by atoms with Crippen LogP contribution in [0.5, 0.6) is 0 Å². The molecule has 0 aromatic carbocycles. The molecule has 0 heterocycles. The van der Waals surface area contributed by atoms with Gasteiger partial charge in [-0.05, 0) is 36.5 Å². The van der Waals surface area contributed by atoms with E-state index in [-0.39, 0.29) is 11.7 Å². The summed E-state index contributed by atoms with van der Waals surface area (Å²) in [5.74, 6) is 1.69. The summed E-state index contributed by atoms with van der Waals surface area (Å²) in [5, 5.41) is 0. The zero-order valence-corrected chi connectivity index (χ0v) is 12.7. The maximum atomic E-state index is 5.46. The van der Waals surface area contributed by atoms with E-state index in [0.717, 1.165) is 18.3 Å². The Bertz CT molecular complexity index is 337. The van der Waals surface area contributed by atoms with Crippen LogP contribution in [0, 0.1) is 22.7 Å². The first-order chi connectivity index (χ1) is 8.32. The molecule has 2 atom stereocenters. The predicted octanol–water partition coefficient (Wildman–Crippen LogP) is 4.01. The maximum Gasteiger partial charge on any atom is 0.162 e. The van der Waals surface area contributed by atoms with Gasteiger partial charge in [0.15, 0.2) is 6.29 Å². The third-order valence-corrected chi connectivity index (χ3v) is 5.31. The summed E-state index contributed by atoms with van der Waals surface area (Å²) in [5.41, 5.74) is 2.18. The van der Waals surface area contributed by atoms with Crippen LogP contribution >= 0.6 is 0 Å². The highest BCUT2D eigenvalue weighted by Gasteiger charge is 2.51. The SMILES string of the molecule is COC(OC)C(C)(C)CC1=CCC2CC1C2(C)C. The van der Waals surface area contributed by atoms with Gasteiger partial charge in [0.2, 0.25) is 0 Å². The van der Waals surface area contributed by atoms with Crippen molar-refractivity contribution in [3.8, 4) is 0 Å². The lowest BCUT2D eigenvalue weighted by atomic mass is 9.48. The van der Waals surface area contributed by atoms with Crippen molar-refractivity contribution in [1.82, 2.24) is 0 Å². The molecule has 104 valence electrons. The van der Waals surface area contributed by atoms with Crippen LogP contribution in [0.25, 0.3) is 0 Å². The quantitative estimate of drug-likeness (QED) is 0.543. The minimum Gasteiger partial charge on any atom is -0.355 e. The van der Waals surface area contributed by atoms with E-state index in [2.05, 4.69) is 33.8 Å². The van der Waals surface area contributed by atoms with Gasteiger partial charge >= 0.3 is 0 Å². The molecule has 2 bridgehead atoms. The number of rotatable bonds is 5. The topological polar surface area (TPSA) is 18.5 Å². The van der Waals surface area contributed by atoms with Gasteiger partial charge in [0.25, 0.3) is 0 Å². The lowest BCUT2D eigenvalue weighted by molar-refractivity contribution is -0.168. The van der Waals surface area contributed by atoms with E-state index in [9.17, 15) is 0 Å². The molecule has 3 aliphatic rings. The third kappa shape index (κ3) is 2.14. The first-order valence-corrected chi connectivity index (χ1v) is 7.07. The van der Waals surface area contributed by atoms with Crippen molar-refractivity contribution in [1.29, 1.82) is 0 Å². The largest absolute Gasteiger partial charge is 0.355 e. The molecule has 2 unspecified atom stereocenters. The van der Waals surface area contributed by atoms with E-state index in [1.54, 1.807) is 19.8 Å². The first kappa shape index (κ1) is 14.1. The van der Waals surface area contributed by atoms with Gasteiger partial charge in [0, 0.05) is 19.6 Å². The molecule has 0 spiro atoms. The van der Waals surface area contributed by atoms with Crippen molar-refractivity contribution in [2.45, 2.75) is 53.2 Å². The van der Waals surface area contributed by atoms with Crippen molar-refractivity contribution in [2.75, 3.05) is 14.2 Å². The molecule has 0 aliphatic heterocycles. The molecule has 18 heavy (non-hydrogen) atoms. The van der Waals surface area contributed by atoms with Crippen LogP contribution in [0.2, 0.25) is 0 Å². The van der Waals surface area contributed by atoms with Gasteiger partial charge in [0.1, 0.15) is 0 Å². The van der Waals surface area contributed by atoms with E-state index in [0.29, 0.717) is 5.41 Å². The van der Waals surface area contributed by atoms with Crippen LogP contribution in [0.4, 0.5) is 0 Å². The van der Waals surface area contributed by atoms with Crippen LogP contribution in [0.15, 0.2) is 11.6 Å². The Kier molecular flexibility index (Phi) is 3.63. The maximum absolute atomic E-state index is 5.46. The molecule has 3 aliphatic carbocycles. The molecule has 0 N–H and O–H groups in total.